The molecule has 0 saturated heterocycles. The Morgan fingerprint density at radius 1 is 0.517 bits per heavy atom. The Labute approximate surface area is 335 Å². The van der Waals surface area contributed by atoms with E-state index in [-0.39, 0.29) is 17.9 Å². The van der Waals surface area contributed by atoms with Crippen LogP contribution in [0.15, 0.2) is 197 Å². The summed E-state index contributed by atoms with van der Waals surface area (Å²) in [6.45, 7) is 0. The fourth-order valence-corrected chi connectivity index (χ4v) is 10.2. The minimum atomic E-state index is -0.0992. The van der Waals surface area contributed by atoms with E-state index >= 15 is 0 Å². The smallest absolute Gasteiger partial charge is 0.143 e. The number of nitrogens with one attached hydrogen (secondary N) is 1. The van der Waals surface area contributed by atoms with E-state index in [0.29, 0.717) is 0 Å². The summed E-state index contributed by atoms with van der Waals surface area (Å²) >= 11 is 0. The second-order valence-corrected chi connectivity index (χ2v) is 15.9. The van der Waals surface area contributed by atoms with Crippen LogP contribution in [0, 0.1) is 0 Å². The second-order valence-electron chi connectivity index (χ2n) is 15.9. The summed E-state index contributed by atoms with van der Waals surface area (Å²) in [6, 6.07) is 65.6. The molecule has 3 aliphatic rings. The van der Waals surface area contributed by atoms with Crippen molar-refractivity contribution < 1.29 is 4.42 Å². The summed E-state index contributed by atoms with van der Waals surface area (Å²) in [6.07, 6.45) is 2.49. The Kier molecular flexibility index (Phi) is 6.59. The summed E-state index contributed by atoms with van der Waals surface area (Å²) in [5.74, 6) is 1.21. The Morgan fingerprint density at radius 3 is 2.14 bits per heavy atom. The normalized spacial score (nSPS) is 17.8. The van der Waals surface area contributed by atoms with Crippen molar-refractivity contribution >= 4 is 55.3 Å². The summed E-state index contributed by atoms with van der Waals surface area (Å²) in [7, 11) is 0. The van der Waals surface area contributed by atoms with Crippen LogP contribution in [0.1, 0.15) is 45.7 Å². The highest BCUT2D eigenvalue weighted by molar-refractivity contribution is 6.15. The number of para-hydroxylation sites is 3. The van der Waals surface area contributed by atoms with Gasteiger partial charge in [0.15, 0.2) is 0 Å². The lowest BCUT2D eigenvalue weighted by Crippen LogP contribution is -2.34. The first-order chi connectivity index (χ1) is 28.8. The van der Waals surface area contributed by atoms with Crippen molar-refractivity contribution in [3.63, 3.8) is 0 Å². The lowest BCUT2D eigenvalue weighted by Gasteiger charge is -2.43. The number of aliphatic imine (C=N–C) groups is 1. The maximum absolute atomic E-state index is 6.55. The molecule has 1 N–H and O–H groups in total. The van der Waals surface area contributed by atoms with Crippen LogP contribution >= 0.6 is 0 Å². The monoisotopic (exact) mass is 741 g/mol. The quantitative estimate of drug-likeness (QED) is 0.195. The van der Waals surface area contributed by atoms with Gasteiger partial charge in [-0.25, -0.2) is 0 Å². The van der Waals surface area contributed by atoms with E-state index in [1.807, 2.05) is 6.07 Å². The third kappa shape index (κ3) is 4.48. The van der Waals surface area contributed by atoms with Crippen molar-refractivity contribution in [3.8, 4) is 27.9 Å². The van der Waals surface area contributed by atoms with Gasteiger partial charge < -0.3 is 14.3 Å². The van der Waals surface area contributed by atoms with E-state index < -0.39 is 0 Å². The Hall–Kier alpha value is -7.43. The molecule has 0 bridgehead atoms. The van der Waals surface area contributed by atoms with Gasteiger partial charge in [-0.2, -0.15) is 0 Å². The van der Waals surface area contributed by atoms with Crippen molar-refractivity contribution in [1.82, 2.24) is 9.88 Å². The van der Waals surface area contributed by atoms with Crippen LogP contribution < -0.4 is 5.32 Å². The molecule has 1 aliphatic carbocycles. The number of amidine groups is 1. The molecule has 0 fully saturated rings. The molecule has 3 atom stereocenters. The predicted octanol–water partition coefficient (Wildman–Crippen LogP) is 13.3. The first-order valence-corrected chi connectivity index (χ1v) is 20.2. The van der Waals surface area contributed by atoms with Gasteiger partial charge in [0.25, 0.3) is 0 Å². The van der Waals surface area contributed by atoms with Crippen LogP contribution in [0.2, 0.25) is 0 Å². The first-order valence-electron chi connectivity index (χ1n) is 20.2. The molecule has 4 nitrogen and oxygen atoms in total. The average Bonchev–Trinajstić information content (AvgIpc) is 3.78. The summed E-state index contributed by atoms with van der Waals surface area (Å²) in [5, 5.41) is 8.73. The third-order valence-electron chi connectivity index (χ3n) is 12.8. The number of furan rings is 1. The van der Waals surface area contributed by atoms with Crippen LogP contribution in [0.25, 0.3) is 77.4 Å². The highest BCUT2D eigenvalue weighted by Crippen LogP contribution is 2.61. The molecule has 3 unspecified atom stereocenters. The van der Waals surface area contributed by atoms with Gasteiger partial charge in [-0.15, -0.1) is 0 Å². The van der Waals surface area contributed by atoms with E-state index in [1.165, 1.54) is 55.3 Å². The SMILES string of the molecule is C1=C(c2cccc(-c3ccccc3)c2)NC(c2ccccc2)=NC2c3ccccc3-n3c4cc(-c5cccc6c5oc5ccccc56)ccc4c4ccc5c(c43)C2C15. The lowest BCUT2D eigenvalue weighted by molar-refractivity contribution is 0.461. The fraction of sp³-hybridized carbons (Fsp3) is 0.0556. The van der Waals surface area contributed by atoms with Crippen LogP contribution in [-0.2, 0) is 0 Å². The molecule has 8 aromatic carbocycles. The van der Waals surface area contributed by atoms with Crippen molar-refractivity contribution in [2.24, 2.45) is 4.99 Å². The Balaban J connectivity index is 1.06. The minimum Gasteiger partial charge on any atom is -0.455 e. The molecule has 10 aromatic rings. The van der Waals surface area contributed by atoms with E-state index in [4.69, 9.17) is 9.41 Å². The standard InChI is InChI=1S/C54H35N3O/c1-3-13-32(14-4-1)34-17-11-18-36(29-34)45-31-44-40-27-28-41-38-26-25-35(37-21-12-22-42-39-19-8-10-24-48(39)58-53(37)42)30-47(38)57-46-23-9-7-20-43(46)51(49(44)50(40)52(41)57)56-54(55-45)33-15-5-2-6-16-33/h1-31,44,49,51H,(H,55,56). The number of benzene rings is 8. The van der Waals surface area contributed by atoms with E-state index in [9.17, 15) is 0 Å². The molecule has 0 amide bonds. The highest BCUT2D eigenvalue weighted by Gasteiger charge is 2.48. The number of hydrogen-bond donors (Lipinski definition) is 1. The van der Waals surface area contributed by atoms with Gasteiger partial charge in [-0.05, 0) is 57.6 Å². The predicted molar refractivity (Wildman–Crippen MR) is 238 cm³/mol. The van der Waals surface area contributed by atoms with Gasteiger partial charge >= 0.3 is 0 Å². The van der Waals surface area contributed by atoms with Gasteiger partial charge in [0, 0.05) is 55.8 Å². The highest BCUT2D eigenvalue weighted by atomic mass is 16.3. The van der Waals surface area contributed by atoms with Gasteiger partial charge in [0.05, 0.1) is 22.8 Å². The molecule has 2 aromatic heterocycles. The molecule has 4 heterocycles. The van der Waals surface area contributed by atoms with E-state index in [1.54, 1.807) is 0 Å². The summed E-state index contributed by atoms with van der Waals surface area (Å²) in [4.78, 5) is 5.80. The van der Waals surface area contributed by atoms with Crippen LogP contribution in [0.4, 0.5) is 0 Å². The zero-order valence-corrected chi connectivity index (χ0v) is 31.4. The molecule has 0 radical (unpaired) electrons. The van der Waals surface area contributed by atoms with E-state index in [2.05, 4.69) is 192 Å². The number of hydrogen-bond acceptors (Lipinski definition) is 3. The molecular weight excluding hydrogens is 707 g/mol. The van der Waals surface area contributed by atoms with Gasteiger partial charge in [-0.1, -0.05) is 164 Å². The molecule has 4 heteroatoms. The lowest BCUT2D eigenvalue weighted by atomic mass is 9.62. The number of allylic oxidation sites excluding steroid dienone is 1. The van der Waals surface area contributed by atoms with Crippen LogP contribution in [0.3, 0.4) is 0 Å². The Morgan fingerprint density at radius 2 is 1.24 bits per heavy atom. The largest absolute Gasteiger partial charge is 0.455 e. The van der Waals surface area contributed by atoms with Crippen LogP contribution in [0.5, 0.6) is 0 Å². The molecular formula is C54H35N3O. The van der Waals surface area contributed by atoms with Crippen molar-refractivity contribution in [1.29, 1.82) is 0 Å². The van der Waals surface area contributed by atoms with Crippen LogP contribution in [-0.4, -0.2) is 10.4 Å². The molecule has 13 rings (SSSR count). The topological polar surface area (TPSA) is 42.5 Å². The molecule has 58 heavy (non-hydrogen) atoms. The van der Waals surface area contributed by atoms with Gasteiger partial charge in [-0.3, -0.25) is 4.99 Å². The van der Waals surface area contributed by atoms with Crippen molar-refractivity contribution in [2.75, 3.05) is 0 Å². The molecule has 2 aliphatic heterocycles. The number of rotatable bonds is 4. The average molecular weight is 742 g/mol. The zero-order chi connectivity index (χ0) is 37.9. The van der Waals surface area contributed by atoms with Crippen molar-refractivity contribution in [3.05, 3.63) is 216 Å². The number of nitrogens with zero attached hydrogens (tertiary/aromatic N) is 2. The Bertz CT molecular complexity index is 3390. The molecule has 272 valence electrons. The van der Waals surface area contributed by atoms with Crippen molar-refractivity contribution in [2.45, 2.75) is 17.9 Å². The minimum absolute atomic E-state index is 0.0992. The zero-order valence-electron chi connectivity index (χ0n) is 31.4. The van der Waals surface area contributed by atoms with Gasteiger partial charge in [0.1, 0.15) is 17.0 Å². The molecule has 0 saturated carbocycles. The fourth-order valence-electron chi connectivity index (χ4n) is 10.2. The van der Waals surface area contributed by atoms with E-state index in [0.717, 1.165) is 55.7 Å². The maximum Gasteiger partial charge on any atom is 0.143 e. The summed E-state index contributed by atoms with van der Waals surface area (Å²) in [5.41, 5.74) is 17.5. The second kappa shape index (κ2) is 12.0. The number of aromatic nitrogens is 1. The number of fused-ring (bicyclic) bond motifs is 10. The summed E-state index contributed by atoms with van der Waals surface area (Å²) < 4.78 is 9.09. The van der Waals surface area contributed by atoms with Gasteiger partial charge in [0.2, 0.25) is 0 Å². The maximum atomic E-state index is 6.55. The third-order valence-corrected chi connectivity index (χ3v) is 12.8. The molecule has 0 spiro atoms. The first kappa shape index (κ1) is 31.7.